The average molecular weight is 272 g/mol. The van der Waals surface area contributed by atoms with Crippen LogP contribution in [-0.4, -0.2) is 19.9 Å². The van der Waals surface area contributed by atoms with Gasteiger partial charge in [-0.15, -0.1) is 11.3 Å². The summed E-state index contributed by atoms with van der Waals surface area (Å²) in [5, 5.41) is 17.8. The minimum Gasteiger partial charge on any atom is -0.386 e. The highest BCUT2D eigenvalue weighted by molar-refractivity contribution is 7.09. The van der Waals surface area contributed by atoms with Crippen LogP contribution in [0.3, 0.4) is 0 Å². The maximum absolute atomic E-state index is 10.2. The molecule has 6 heteroatoms. The zero-order valence-corrected chi connectivity index (χ0v) is 11.3. The second-order valence-corrected chi connectivity index (χ2v) is 5.24. The Morgan fingerprint density at radius 3 is 2.94 bits per heavy atom. The van der Waals surface area contributed by atoms with E-state index >= 15 is 0 Å². The van der Waals surface area contributed by atoms with E-state index in [1.807, 2.05) is 19.2 Å². The summed E-state index contributed by atoms with van der Waals surface area (Å²) in [4.78, 5) is 4.33. The molecule has 4 nitrogen and oxygen atoms in total. The van der Waals surface area contributed by atoms with Gasteiger partial charge in [0, 0.05) is 18.3 Å². The third-order valence-electron chi connectivity index (χ3n) is 2.52. The lowest BCUT2D eigenvalue weighted by Gasteiger charge is -2.11. The Kier molecular flexibility index (Phi) is 3.81. The highest BCUT2D eigenvalue weighted by Gasteiger charge is 2.18. The predicted molar refractivity (Wildman–Crippen MR) is 68.4 cm³/mol. The summed E-state index contributed by atoms with van der Waals surface area (Å²) >= 11 is 7.61. The lowest BCUT2D eigenvalue weighted by Crippen LogP contribution is -2.10. The third-order valence-corrected chi connectivity index (χ3v) is 3.63. The fourth-order valence-corrected chi connectivity index (χ4v) is 2.64. The summed E-state index contributed by atoms with van der Waals surface area (Å²) in [6, 6.07) is 0. The van der Waals surface area contributed by atoms with Crippen LogP contribution in [0.25, 0.3) is 0 Å². The molecule has 1 N–H and O–H groups in total. The summed E-state index contributed by atoms with van der Waals surface area (Å²) in [5.74, 6) is 0. The van der Waals surface area contributed by atoms with E-state index in [4.69, 9.17) is 11.6 Å². The molecule has 0 spiro atoms. The van der Waals surface area contributed by atoms with Crippen LogP contribution in [0.5, 0.6) is 0 Å². The van der Waals surface area contributed by atoms with E-state index in [1.165, 1.54) is 0 Å². The Morgan fingerprint density at radius 2 is 2.35 bits per heavy atom. The third kappa shape index (κ3) is 2.68. The van der Waals surface area contributed by atoms with Crippen molar-refractivity contribution in [3.63, 3.8) is 0 Å². The normalized spacial score (nSPS) is 12.9. The van der Waals surface area contributed by atoms with E-state index in [1.54, 1.807) is 22.2 Å². The van der Waals surface area contributed by atoms with E-state index in [0.717, 1.165) is 10.7 Å². The lowest BCUT2D eigenvalue weighted by atomic mass is 10.1. The Morgan fingerprint density at radius 1 is 1.59 bits per heavy atom. The van der Waals surface area contributed by atoms with Crippen LogP contribution >= 0.6 is 22.9 Å². The molecule has 2 rings (SSSR count). The van der Waals surface area contributed by atoms with Crippen molar-refractivity contribution in [3.05, 3.63) is 33.0 Å². The van der Waals surface area contributed by atoms with Crippen molar-refractivity contribution in [2.24, 2.45) is 0 Å². The lowest BCUT2D eigenvalue weighted by molar-refractivity contribution is 0.166. The predicted octanol–water partition coefficient (Wildman–Crippen LogP) is 2.60. The highest BCUT2D eigenvalue weighted by Crippen LogP contribution is 2.25. The molecule has 2 heterocycles. The fourth-order valence-electron chi connectivity index (χ4n) is 1.75. The van der Waals surface area contributed by atoms with Crippen LogP contribution in [0, 0.1) is 6.92 Å². The number of aliphatic hydroxyl groups excluding tert-OH is 1. The maximum Gasteiger partial charge on any atom is 0.103 e. The van der Waals surface area contributed by atoms with Crippen molar-refractivity contribution in [2.75, 3.05) is 0 Å². The maximum atomic E-state index is 10.2. The molecule has 0 saturated heterocycles. The van der Waals surface area contributed by atoms with Gasteiger partial charge in [-0.25, -0.2) is 4.98 Å². The van der Waals surface area contributed by atoms with Gasteiger partial charge in [-0.1, -0.05) is 11.6 Å². The first-order chi connectivity index (χ1) is 8.11. The summed E-state index contributed by atoms with van der Waals surface area (Å²) < 4.78 is 1.71. The van der Waals surface area contributed by atoms with Gasteiger partial charge in [-0.2, -0.15) is 5.10 Å². The van der Waals surface area contributed by atoms with Crippen molar-refractivity contribution in [2.45, 2.75) is 32.9 Å². The van der Waals surface area contributed by atoms with Crippen LogP contribution in [0.15, 0.2) is 11.6 Å². The smallest absolute Gasteiger partial charge is 0.103 e. The minimum absolute atomic E-state index is 0.468. The number of aromatic nitrogens is 3. The summed E-state index contributed by atoms with van der Waals surface area (Å²) in [6.45, 7) is 4.60. The first kappa shape index (κ1) is 12.5. The van der Waals surface area contributed by atoms with Gasteiger partial charge in [0.05, 0.1) is 27.6 Å². The highest BCUT2D eigenvalue weighted by atomic mass is 35.5. The molecule has 17 heavy (non-hydrogen) atoms. The summed E-state index contributed by atoms with van der Waals surface area (Å²) in [7, 11) is 0. The molecule has 0 fully saturated rings. The van der Waals surface area contributed by atoms with Gasteiger partial charge in [0.25, 0.3) is 0 Å². The van der Waals surface area contributed by atoms with E-state index in [2.05, 4.69) is 10.1 Å². The van der Waals surface area contributed by atoms with Gasteiger partial charge >= 0.3 is 0 Å². The van der Waals surface area contributed by atoms with Gasteiger partial charge in [0.2, 0.25) is 0 Å². The molecule has 0 saturated carbocycles. The first-order valence-electron chi connectivity index (χ1n) is 5.42. The monoisotopic (exact) mass is 271 g/mol. The Balaban J connectivity index is 2.19. The molecule has 2 aromatic heterocycles. The van der Waals surface area contributed by atoms with Crippen LogP contribution in [0.2, 0.25) is 5.02 Å². The molecule has 92 valence electrons. The van der Waals surface area contributed by atoms with Crippen molar-refractivity contribution >= 4 is 22.9 Å². The Hall–Kier alpha value is -0.910. The van der Waals surface area contributed by atoms with Crippen molar-refractivity contribution < 1.29 is 5.11 Å². The van der Waals surface area contributed by atoms with Crippen molar-refractivity contribution in [1.82, 2.24) is 14.8 Å². The number of aliphatic hydroxyl groups is 1. The van der Waals surface area contributed by atoms with E-state index in [0.29, 0.717) is 23.7 Å². The first-order valence-corrected chi connectivity index (χ1v) is 6.67. The zero-order valence-electron chi connectivity index (χ0n) is 9.72. The largest absolute Gasteiger partial charge is 0.386 e. The number of aryl methyl sites for hydroxylation is 2. The number of hydrogen-bond acceptors (Lipinski definition) is 4. The molecule has 0 radical (unpaired) electrons. The molecule has 0 amide bonds. The number of rotatable bonds is 4. The van der Waals surface area contributed by atoms with E-state index in [9.17, 15) is 5.11 Å². The molecular weight excluding hydrogens is 258 g/mol. The van der Waals surface area contributed by atoms with Gasteiger partial charge in [-0.3, -0.25) is 4.68 Å². The van der Waals surface area contributed by atoms with Crippen LogP contribution in [0.1, 0.15) is 29.4 Å². The minimum atomic E-state index is -0.661. The topological polar surface area (TPSA) is 50.9 Å². The Labute approximate surface area is 109 Å². The van der Waals surface area contributed by atoms with Gasteiger partial charge in [0.1, 0.15) is 6.10 Å². The summed E-state index contributed by atoms with van der Waals surface area (Å²) in [6.07, 6.45) is 1.37. The van der Waals surface area contributed by atoms with Crippen LogP contribution in [-0.2, 0) is 13.0 Å². The Bertz CT molecular complexity index is 509. The SMILES string of the molecule is CCn1ncc(Cl)c1C(O)Cc1csc(C)n1. The molecule has 0 aliphatic carbocycles. The molecule has 1 atom stereocenters. The van der Waals surface area contributed by atoms with Crippen molar-refractivity contribution in [1.29, 1.82) is 0 Å². The molecule has 1 unspecified atom stereocenters. The zero-order chi connectivity index (χ0) is 12.4. The standard InChI is InChI=1S/C11H14ClN3OS/c1-3-15-11(9(12)5-13-15)10(16)4-8-6-17-7(2)14-8/h5-6,10,16H,3-4H2,1-2H3. The quantitative estimate of drug-likeness (QED) is 0.930. The number of thiazole rings is 1. The van der Waals surface area contributed by atoms with E-state index < -0.39 is 6.10 Å². The average Bonchev–Trinajstić information content (AvgIpc) is 2.84. The molecule has 0 aliphatic rings. The van der Waals surface area contributed by atoms with Gasteiger partial charge in [0.15, 0.2) is 0 Å². The molecular formula is C11H14ClN3OS. The molecule has 2 aromatic rings. The number of halogens is 1. The van der Waals surface area contributed by atoms with Crippen molar-refractivity contribution in [3.8, 4) is 0 Å². The fraction of sp³-hybridized carbons (Fsp3) is 0.455. The molecule has 0 aliphatic heterocycles. The van der Waals surface area contributed by atoms with Gasteiger partial charge in [-0.05, 0) is 13.8 Å². The second-order valence-electron chi connectivity index (χ2n) is 3.77. The molecule has 0 aromatic carbocycles. The second kappa shape index (κ2) is 5.16. The van der Waals surface area contributed by atoms with E-state index in [-0.39, 0.29) is 0 Å². The summed E-state index contributed by atoms with van der Waals surface area (Å²) in [5.41, 5.74) is 1.56. The van der Waals surface area contributed by atoms with Crippen LogP contribution in [0.4, 0.5) is 0 Å². The van der Waals surface area contributed by atoms with Gasteiger partial charge < -0.3 is 5.11 Å². The number of hydrogen-bond donors (Lipinski definition) is 1. The molecule has 0 bridgehead atoms. The van der Waals surface area contributed by atoms with Crippen LogP contribution < -0.4 is 0 Å². The number of nitrogens with zero attached hydrogens (tertiary/aromatic N) is 3.